The van der Waals surface area contributed by atoms with Crippen LogP contribution in [0, 0.1) is 6.92 Å². The van der Waals surface area contributed by atoms with Gasteiger partial charge in [0.05, 0.1) is 18.3 Å². The average molecular weight is 274 g/mol. The van der Waals surface area contributed by atoms with E-state index >= 15 is 0 Å². The van der Waals surface area contributed by atoms with Crippen molar-refractivity contribution < 1.29 is 19.4 Å². The number of ether oxygens (including phenoxy) is 1. The number of fused-ring (bicyclic) bond motifs is 1. The maximum absolute atomic E-state index is 11.3. The molecule has 2 N–H and O–H groups in total. The molecule has 0 fully saturated rings. The van der Waals surface area contributed by atoms with Crippen LogP contribution in [0.25, 0.3) is 10.9 Å². The third-order valence-electron chi connectivity index (χ3n) is 2.84. The molecule has 0 aliphatic carbocycles. The Morgan fingerprint density at radius 2 is 2.00 bits per heavy atom. The average Bonchev–Trinajstić information content (AvgIpc) is 2.38. The maximum atomic E-state index is 11.3. The lowest BCUT2D eigenvalue weighted by Crippen LogP contribution is -2.09. The number of anilines is 1. The Labute approximate surface area is 115 Å². The van der Waals surface area contributed by atoms with E-state index in [1.54, 1.807) is 19.1 Å². The molecule has 104 valence electrons. The van der Waals surface area contributed by atoms with E-state index < -0.39 is 5.97 Å². The van der Waals surface area contributed by atoms with E-state index in [9.17, 15) is 9.59 Å². The first-order valence-corrected chi connectivity index (χ1v) is 5.92. The van der Waals surface area contributed by atoms with Gasteiger partial charge in [0, 0.05) is 12.3 Å². The molecule has 1 amide bonds. The van der Waals surface area contributed by atoms with Crippen molar-refractivity contribution in [1.82, 2.24) is 4.98 Å². The molecule has 0 saturated carbocycles. The first-order chi connectivity index (χ1) is 9.42. The summed E-state index contributed by atoms with van der Waals surface area (Å²) in [5.74, 6) is -0.811. The summed E-state index contributed by atoms with van der Waals surface area (Å²) in [6, 6.07) is 4.82. The van der Waals surface area contributed by atoms with Crippen molar-refractivity contribution in [2.45, 2.75) is 13.8 Å². The summed E-state index contributed by atoms with van der Waals surface area (Å²) in [5, 5.41) is 12.4. The van der Waals surface area contributed by atoms with Crippen molar-refractivity contribution in [2.75, 3.05) is 12.4 Å². The van der Waals surface area contributed by atoms with Crippen LogP contribution in [-0.2, 0) is 4.79 Å². The smallest absolute Gasteiger partial charge is 0.354 e. The Kier molecular flexibility index (Phi) is 3.56. The SMILES string of the molecule is COc1cc(C)c2nc(C(=O)O)cc(NC(C)=O)c2c1. The first-order valence-electron chi connectivity index (χ1n) is 5.92. The molecule has 0 aliphatic heterocycles. The van der Waals surface area contributed by atoms with Gasteiger partial charge in [-0.05, 0) is 30.7 Å². The number of rotatable bonds is 3. The van der Waals surface area contributed by atoms with Crippen molar-refractivity contribution in [1.29, 1.82) is 0 Å². The van der Waals surface area contributed by atoms with Crippen LogP contribution in [0.4, 0.5) is 5.69 Å². The van der Waals surface area contributed by atoms with Crippen LogP contribution >= 0.6 is 0 Å². The third-order valence-corrected chi connectivity index (χ3v) is 2.84. The number of hydrogen-bond donors (Lipinski definition) is 2. The van der Waals surface area contributed by atoms with Crippen LogP contribution in [0.3, 0.4) is 0 Å². The molecule has 0 radical (unpaired) electrons. The number of carbonyl (C=O) groups excluding carboxylic acids is 1. The van der Waals surface area contributed by atoms with Gasteiger partial charge in [0.25, 0.3) is 0 Å². The van der Waals surface area contributed by atoms with Gasteiger partial charge < -0.3 is 15.2 Å². The predicted molar refractivity (Wildman–Crippen MR) is 74.3 cm³/mol. The van der Waals surface area contributed by atoms with Crippen molar-refractivity contribution in [2.24, 2.45) is 0 Å². The molecule has 6 nitrogen and oxygen atoms in total. The lowest BCUT2D eigenvalue weighted by molar-refractivity contribution is -0.114. The number of aryl methyl sites for hydroxylation is 1. The fourth-order valence-corrected chi connectivity index (χ4v) is 1.99. The van der Waals surface area contributed by atoms with Crippen LogP contribution in [0.5, 0.6) is 5.75 Å². The van der Waals surface area contributed by atoms with Crippen LogP contribution in [0.15, 0.2) is 18.2 Å². The lowest BCUT2D eigenvalue weighted by atomic mass is 10.1. The monoisotopic (exact) mass is 274 g/mol. The number of hydrogen-bond acceptors (Lipinski definition) is 4. The van der Waals surface area contributed by atoms with Crippen molar-refractivity contribution >= 4 is 28.5 Å². The van der Waals surface area contributed by atoms with Crippen molar-refractivity contribution in [3.05, 3.63) is 29.5 Å². The van der Waals surface area contributed by atoms with E-state index in [-0.39, 0.29) is 11.6 Å². The van der Waals surface area contributed by atoms with E-state index in [2.05, 4.69) is 10.3 Å². The molecule has 2 rings (SSSR count). The number of methoxy groups -OCH3 is 1. The zero-order chi connectivity index (χ0) is 14.9. The lowest BCUT2D eigenvalue weighted by Gasteiger charge is -2.11. The minimum Gasteiger partial charge on any atom is -0.497 e. The quantitative estimate of drug-likeness (QED) is 0.895. The van der Waals surface area contributed by atoms with Gasteiger partial charge in [0.15, 0.2) is 5.69 Å². The fraction of sp³-hybridized carbons (Fsp3) is 0.214. The Morgan fingerprint density at radius 1 is 1.30 bits per heavy atom. The number of nitrogens with zero attached hydrogens (tertiary/aromatic N) is 1. The van der Waals surface area contributed by atoms with Crippen molar-refractivity contribution in [3.63, 3.8) is 0 Å². The molecule has 0 unspecified atom stereocenters. The molecular formula is C14H14N2O4. The molecule has 0 spiro atoms. The number of carboxylic acid groups (broad SMARTS) is 1. The first kappa shape index (κ1) is 13.8. The molecule has 1 heterocycles. The number of aromatic nitrogens is 1. The Bertz CT molecular complexity index is 710. The van der Waals surface area contributed by atoms with Gasteiger partial charge >= 0.3 is 5.97 Å². The normalized spacial score (nSPS) is 10.3. The Balaban J connectivity index is 2.80. The predicted octanol–water partition coefficient (Wildman–Crippen LogP) is 2.21. The number of nitrogens with one attached hydrogen (secondary N) is 1. The van der Waals surface area contributed by atoms with Crippen LogP contribution in [0.2, 0.25) is 0 Å². The molecule has 0 atom stereocenters. The number of aromatic carboxylic acids is 1. The number of carbonyl (C=O) groups is 2. The van der Waals surface area contributed by atoms with Gasteiger partial charge in [-0.1, -0.05) is 0 Å². The highest BCUT2D eigenvalue weighted by molar-refractivity contribution is 6.04. The Hall–Kier alpha value is -2.63. The number of amides is 1. The fourth-order valence-electron chi connectivity index (χ4n) is 1.99. The second kappa shape index (κ2) is 5.16. The molecule has 0 aliphatic rings. The van der Waals surface area contributed by atoms with Crippen LogP contribution in [-0.4, -0.2) is 29.1 Å². The van der Waals surface area contributed by atoms with Gasteiger partial charge in [-0.15, -0.1) is 0 Å². The van der Waals surface area contributed by atoms with Crippen LogP contribution in [0.1, 0.15) is 23.0 Å². The zero-order valence-electron chi connectivity index (χ0n) is 11.4. The molecule has 6 heteroatoms. The standard InChI is InChI=1S/C14H14N2O4/c1-7-4-9(20-3)5-10-11(15-8(2)17)6-12(14(18)19)16-13(7)10/h4-6H,1-3H3,(H,18,19)(H,15,16,17). The molecule has 1 aromatic heterocycles. The summed E-state index contributed by atoms with van der Waals surface area (Å²) < 4.78 is 5.18. The van der Waals surface area contributed by atoms with E-state index in [1.165, 1.54) is 20.1 Å². The van der Waals surface area contributed by atoms with Gasteiger partial charge in [-0.2, -0.15) is 0 Å². The highest BCUT2D eigenvalue weighted by atomic mass is 16.5. The highest BCUT2D eigenvalue weighted by Gasteiger charge is 2.14. The van der Waals surface area contributed by atoms with E-state index in [0.717, 1.165) is 5.56 Å². The topological polar surface area (TPSA) is 88.5 Å². The second-order valence-corrected chi connectivity index (χ2v) is 4.38. The second-order valence-electron chi connectivity index (χ2n) is 4.38. The largest absolute Gasteiger partial charge is 0.497 e. The summed E-state index contributed by atoms with van der Waals surface area (Å²) >= 11 is 0. The third kappa shape index (κ3) is 2.54. The Morgan fingerprint density at radius 3 is 2.55 bits per heavy atom. The molecular weight excluding hydrogens is 260 g/mol. The summed E-state index contributed by atoms with van der Waals surface area (Å²) in [6.45, 7) is 3.17. The van der Waals surface area contributed by atoms with Gasteiger partial charge in [-0.3, -0.25) is 4.79 Å². The highest BCUT2D eigenvalue weighted by Crippen LogP contribution is 2.30. The van der Waals surface area contributed by atoms with Gasteiger partial charge in [0.1, 0.15) is 5.75 Å². The van der Waals surface area contributed by atoms with Crippen molar-refractivity contribution in [3.8, 4) is 5.75 Å². The summed E-state index contributed by atoms with van der Waals surface area (Å²) in [7, 11) is 1.54. The molecule has 0 saturated heterocycles. The molecule has 20 heavy (non-hydrogen) atoms. The minimum absolute atomic E-state index is 0.116. The summed E-state index contributed by atoms with van der Waals surface area (Å²) in [6.07, 6.45) is 0. The van der Waals surface area contributed by atoms with Gasteiger partial charge in [-0.25, -0.2) is 9.78 Å². The van der Waals surface area contributed by atoms with E-state index in [4.69, 9.17) is 9.84 Å². The summed E-state index contributed by atoms with van der Waals surface area (Å²) in [5.41, 5.74) is 1.58. The zero-order valence-corrected chi connectivity index (χ0v) is 11.4. The van der Waals surface area contributed by atoms with Gasteiger partial charge in [0.2, 0.25) is 5.91 Å². The number of carboxylic acids is 1. The summed E-state index contributed by atoms with van der Waals surface area (Å²) in [4.78, 5) is 26.5. The minimum atomic E-state index is -1.14. The number of benzene rings is 1. The van der Waals surface area contributed by atoms with E-state index in [1.807, 2.05) is 0 Å². The van der Waals surface area contributed by atoms with E-state index in [0.29, 0.717) is 22.3 Å². The maximum Gasteiger partial charge on any atom is 0.354 e. The van der Waals surface area contributed by atoms with Crippen LogP contribution < -0.4 is 10.1 Å². The molecule has 2 aromatic rings. The molecule has 1 aromatic carbocycles. The number of pyridine rings is 1. The molecule has 0 bridgehead atoms.